The van der Waals surface area contributed by atoms with Crippen LogP contribution in [0.1, 0.15) is 39.1 Å². The van der Waals surface area contributed by atoms with Crippen LogP contribution in [0.4, 0.5) is 0 Å². The van der Waals surface area contributed by atoms with Crippen LogP contribution in [-0.4, -0.2) is 6.61 Å². The van der Waals surface area contributed by atoms with Crippen molar-refractivity contribution in [1.29, 1.82) is 0 Å². The van der Waals surface area contributed by atoms with E-state index in [0.29, 0.717) is 6.61 Å². The van der Waals surface area contributed by atoms with Crippen LogP contribution in [0.25, 0.3) is 0 Å². The molecule has 0 saturated heterocycles. The van der Waals surface area contributed by atoms with Crippen molar-refractivity contribution >= 4 is 11.6 Å². The summed E-state index contributed by atoms with van der Waals surface area (Å²) in [7, 11) is 0. The number of aryl methyl sites for hydroxylation is 3. The topological polar surface area (TPSA) is 9.23 Å². The van der Waals surface area contributed by atoms with Crippen molar-refractivity contribution in [2.75, 3.05) is 6.61 Å². The van der Waals surface area contributed by atoms with Gasteiger partial charge in [-0.2, -0.15) is 0 Å². The molecule has 0 radical (unpaired) electrons. The van der Waals surface area contributed by atoms with E-state index in [2.05, 4.69) is 45.0 Å². The molecule has 0 aromatic heterocycles. The van der Waals surface area contributed by atoms with Gasteiger partial charge in [-0.25, -0.2) is 0 Å². The van der Waals surface area contributed by atoms with Gasteiger partial charge in [0.05, 0.1) is 12.0 Å². The second-order valence-corrected chi connectivity index (χ2v) is 6.14. The molecule has 2 aromatic carbocycles. The Morgan fingerprint density at radius 1 is 1.10 bits per heavy atom. The Morgan fingerprint density at radius 2 is 1.75 bits per heavy atom. The van der Waals surface area contributed by atoms with Gasteiger partial charge < -0.3 is 4.74 Å². The smallest absolute Gasteiger partial charge is 0.122 e. The van der Waals surface area contributed by atoms with E-state index in [1.807, 2.05) is 12.1 Å². The lowest BCUT2D eigenvalue weighted by atomic mass is 9.88. The van der Waals surface area contributed by atoms with Gasteiger partial charge in [-0.3, -0.25) is 0 Å². The quantitative estimate of drug-likeness (QED) is 0.701. The molecule has 1 aliphatic rings. The normalized spacial score (nSPS) is 18.5. The number of alkyl halides is 1. The van der Waals surface area contributed by atoms with E-state index in [1.165, 1.54) is 27.8 Å². The largest absolute Gasteiger partial charge is 0.493 e. The molecular weight excluding hydrogens is 268 g/mol. The Balaban J connectivity index is 2.01. The maximum atomic E-state index is 6.82. The third kappa shape index (κ3) is 2.20. The molecule has 2 aromatic rings. The molecule has 0 saturated carbocycles. The van der Waals surface area contributed by atoms with Gasteiger partial charge in [0.1, 0.15) is 5.75 Å². The van der Waals surface area contributed by atoms with Crippen LogP contribution >= 0.6 is 11.6 Å². The average molecular weight is 287 g/mol. The number of fused-ring (bicyclic) bond motifs is 1. The first-order valence-corrected chi connectivity index (χ1v) is 7.45. The molecule has 20 heavy (non-hydrogen) atoms. The monoisotopic (exact) mass is 286 g/mol. The van der Waals surface area contributed by atoms with E-state index in [4.69, 9.17) is 16.3 Å². The minimum atomic E-state index is -0.0424. The molecular formula is C18H19ClO. The first-order chi connectivity index (χ1) is 9.58. The SMILES string of the molecule is Cc1cc(C)c(C(Cl)C2COc3ccccc32)c(C)c1. The van der Waals surface area contributed by atoms with Crippen LogP contribution in [0.15, 0.2) is 36.4 Å². The molecule has 0 fully saturated rings. The van der Waals surface area contributed by atoms with Crippen LogP contribution in [0.2, 0.25) is 0 Å². The Morgan fingerprint density at radius 3 is 2.45 bits per heavy atom. The summed E-state index contributed by atoms with van der Waals surface area (Å²) in [4.78, 5) is 0. The van der Waals surface area contributed by atoms with Crippen LogP contribution in [0, 0.1) is 20.8 Å². The van der Waals surface area contributed by atoms with E-state index in [9.17, 15) is 0 Å². The Bertz CT molecular complexity index is 625. The maximum Gasteiger partial charge on any atom is 0.122 e. The fourth-order valence-corrected chi connectivity index (χ4v) is 3.81. The van der Waals surface area contributed by atoms with Gasteiger partial charge in [0.2, 0.25) is 0 Å². The predicted molar refractivity (Wildman–Crippen MR) is 83.9 cm³/mol. The summed E-state index contributed by atoms with van der Waals surface area (Å²) in [5.74, 6) is 1.21. The Hall–Kier alpha value is -1.47. The molecule has 1 heterocycles. The fraction of sp³-hybridized carbons (Fsp3) is 0.333. The maximum absolute atomic E-state index is 6.82. The van der Waals surface area contributed by atoms with Gasteiger partial charge in [-0.1, -0.05) is 35.9 Å². The summed E-state index contributed by atoms with van der Waals surface area (Å²) in [6, 6.07) is 12.6. The molecule has 0 bridgehead atoms. The zero-order chi connectivity index (χ0) is 14.3. The lowest BCUT2D eigenvalue weighted by Crippen LogP contribution is -2.11. The molecule has 2 atom stereocenters. The lowest BCUT2D eigenvalue weighted by Gasteiger charge is -2.21. The average Bonchev–Trinajstić information content (AvgIpc) is 2.81. The van der Waals surface area contributed by atoms with Gasteiger partial charge in [0.15, 0.2) is 0 Å². The molecule has 104 valence electrons. The van der Waals surface area contributed by atoms with Gasteiger partial charge in [0.25, 0.3) is 0 Å². The minimum absolute atomic E-state index is 0.0424. The number of hydrogen-bond acceptors (Lipinski definition) is 1. The molecule has 0 amide bonds. The second kappa shape index (κ2) is 5.14. The highest BCUT2D eigenvalue weighted by molar-refractivity contribution is 6.21. The highest BCUT2D eigenvalue weighted by Gasteiger charge is 2.32. The van der Waals surface area contributed by atoms with E-state index in [-0.39, 0.29) is 11.3 Å². The summed E-state index contributed by atoms with van der Waals surface area (Å²) in [6.07, 6.45) is 0. The Labute approximate surface area is 125 Å². The molecule has 3 rings (SSSR count). The van der Waals surface area contributed by atoms with E-state index in [1.54, 1.807) is 0 Å². The van der Waals surface area contributed by atoms with Crippen molar-refractivity contribution in [3.8, 4) is 5.75 Å². The van der Waals surface area contributed by atoms with Crippen molar-refractivity contribution in [1.82, 2.24) is 0 Å². The molecule has 1 aliphatic heterocycles. The van der Waals surface area contributed by atoms with Crippen molar-refractivity contribution < 1.29 is 4.74 Å². The van der Waals surface area contributed by atoms with Crippen LogP contribution in [-0.2, 0) is 0 Å². The number of benzene rings is 2. The first kappa shape index (κ1) is 13.5. The van der Waals surface area contributed by atoms with Crippen LogP contribution in [0.3, 0.4) is 0 Å². The summed E-state index contributed by atoms with van der Waals surface area (Å²) >= 11 is 6.82. The van der Waals surface area contributed by atoms with Crippen molar-refractivity contribution in [3.05, 3.63) is 64.2 Å². The molecule has 0 aliphatic carbocycles. The molecule has 2 unspecified atom stereocenters. The minimum Gasteiger partial charge on any atom is -0.493 e. The number of para-hydroxylation sites is 1. The lowest BCUT2D eigenvalue weighted by molar-refractivity contribution is 0.327. The summed E-state index contributed by atoms with van der Waals surface area (Å²) in [6.45, 7) is 7.08. The van der Waals surface area contributed by atoms with Crippen molar-refractivity contribution in [2.45, 2.75) is 32.1 Å². The Kier molecular flexibility index (Phi) is 3.47. The number of halogens is 1. The van der Waals surface area contributed by atoms with Gasteiger partial charge in [-0.05, 0) is 43.5 Å². The third-order valence-corrected chi connectivity index (χ3v) is 4.63. The van der Waals surface area contributed by atoms with E-state index >= 15 is 0 Å². The third-order valence-electron chi connectivity index (χ3n) is 4.10. The van der Waals surface area contributed by atoms with Crippen LogP contribution < -0.4 is 4.74 Å². The molecule has 1 nitrogen and oxygen atoms in total. The highest BCUT2D eigenvalue weighted by atomic mass is 35.5. The van der Waals surface area contributed by atoms with Gasteiger partial charge >= 0.3 is 0 Å². The number of ether oxygens (including phenoxy) is 1. The zero-order valence-electron chi connectivity index (χ0n) is 12.1. The standard InChI is InChI=1S/C18H19ClO/c1-11-8-12(2)17(13(3)9-11)18(19)15-10-20-16-7-5-4-6-14(15)16/h4-9,15,18H,10H2,1-3H3. The molecule has 2 heteroatoms. The second-order valence-electron chi connectivity index (χ2n) is 5.67. The van der Waals surface area contributed by atoms with E-state index < -0.39 is 0 Å². The molecule has 0 N–H and O–H groups in total. The summed E-state index contributed by atoms with van der Waals surface area (Å²) < 4.78 is 5.77. The van der Waals surface area contributed by atoms with Gasteiger partial charge in [-0.15, -0.1) is 11.6 Å². The van der Waals surface area contributed by atoms with Crippen LogP contribution in [0.5, 0.6) is 5.75 Å². The summed E-state index contributed by atoms with van der Waals surface area (Å²) in [5, 5.41) is -0.0424. The summed E-state index contributed by atoms with van der Waals surface area (Å²) in [5.41, 5.74) is 6.31. The van der Waals surface area contributed by atoms with Gasteiger partial charge in [0, 0.05) is 11.5 Å². The van der Waals surface area contributed by atoms with E-state index in [0.717, 1.165) is 5.75 Å². The number of hydrogen-bond donors (Lipinski definition) is 0. The van der Waals surface area contributed by atoms with Crippen molar-refractivity contribution in [2.24, 2.45) is 0 Å². The predicted octanol–water partition coefficient (Wildman–Crippen LogP) is 5.07. The van der Waals surface area contributed by atoms with Crippen molar-refractivity contribution in [3.63, 3.8) is 0 Å². The molecule has 0 spiro atoms. The number of rotatable bonds is 2. The first-order valence-electron chi connectivity index (χ1n) is 7.01. The zero-order valence-corrected chi connectivity index (χ0v) is 12.9. The highest BCUT2D eigenvalue weighted by Crippen LogP contribution is 2.46. The fourth-order valence-electron chi connectivity index (χ4n) is 3.26.